The molecule has 0 radical (unpaired) electrons. The number of benzene rings is 1. The molecule has 0 fully saturated rings. The molecule has 1 aromatic rings. The summed E-state index contributed by atoms with van der Waals surface area (Å²) in [5.41, 5.74) is -0.548. The van der Waals surface area contributed by atoms with Crippen molar-refractivity contribution in [2.75, 3.05) is 0 Å². The lowest BCUT2D eigenvalue weighted by molar-refractivity contribution is -0.120. The smallest absolute Gasteiger partial charge is 0.448 e. The summed E-state index contributed by atoms with van der Waals surface area (Å²) in [7, 11) is 0. The van der Waals surface area contributed by atoms with E-state index in [9.17, 15) is 18.0 Å². The molecule has 96 valence electrons. The Balaban J connectivity index is 2.96. The van der Waals surface area contributed by atoms with Crippen LogP contribution in [0.5, 0.6) is 0 Å². The average molecular weight is 259 g/mol. The lowest BCUT2D eigenvalue weighted by Crippen LogP contribution is -2.13. The fourth-order valence-electron chi connectivity index (χ4n) is 1.09. The third-order valence-electron chi connectivity index (χ3n) is 2.01. The Labute approximate surface area is 99.5 Å². The molecular weight excluding hydrogens is 251 g/mol. The van der Waals surface area contributed by atoms with E-state index in [-0.39, 0.29) is 17.2 Å². The standard InChI is InChI=1S/C11H8F3NO3/c12-11(13,14)9(16)5-8(15)6-1-3-7(4-2-6)10(17)18/h1-5,15-16H,(H,17,18)/b9-5-,15-8?. The van der Waals surface area contributed by atoms with Gasteiger partial charge in [-0.2, -0.15) is 13.2 Å². The molecule has 0 spiro atoms. The van der Waals surface area contributed by atoms with Crippen LogP contribution in [0.1, 0.15) is 15.9 Å². The zero-order chi connectivity index (χ0) is 13.9. The number of hydrogen-bond donors (Lipinski definition) is 3. The molecule has 1 rings (SSSR count). The van der Waals surface area contributed by atoms with Crippen LogP contribution in [0.4, 0.5) is 13.2 Å². The van der Waals surface area contributed by atoms with Crippen LogP contribution in [-0.4, -0.2) is 28.1 Å². The first-order valence-electron chi connectivity index (χ1n) is 4.62. The molecule has 0 bridgehead atoms. The molecule has 0 aliphatic carbocycles. The Morgan fingerprint density at radius 3 is 1.94 bits per heavy atom. The lowest BCUT2D eigenvalue weighted by atomic mass is 10.1. The fraction of sp³-hybridized carbons (Fsp3) is 0.0909. The van der Waals surface area contributed by atoms with Crippen molar-refractivity contribution in [3.63, 3.8) is 0 Å². The fourth-order valence-corrected chi connectivity index (χ4v) is 1.09. The number of carboxylic acids is 1. The quantitative estimate of drug-likeness (QED) is 0.576. The van der Waals surface area contributed by atoms with Gasteiger partial charge in [0.1, 0.15) is 0 Å². The number of carboxylic acid groups (broad SMARTS) is 1. The monoisotopic (exact) mass is 259 g/mol. The molecule has 0 unspecified atom stereocenters. The molecule has 0 heterocycles. The van der Waals surface area contributed by atoms with Crippen LogP contribution in [0.15, 0.2) is 36.1 Å². The van der Waals surface area contributed by atoms with Crippen LogP contribution >= 0.6 is 0 Å². The highest BCUT2D eigenvalue weighted by Gasteiger charge is 2.33. The number of alkyl halides is 3. The highest BCUT2D eigenvalue weighted by Crippen LogP contribution is 2.23. The Hall–Kier alpha value is -2.31. The van der Waals surface area contributed by atoms with Gasteiger partial charge in [-0.05, 0) is 17.7 Å². The maximum absolute atomic E-state index is 12.0. The van der Waals surface area contributed by atoms with Crippen molar-refractivity contribution in [2.24, 2.45) is 0 Å². The van der Waals surface area contributed by atoms with E-state index in [1.807, 2.05) is 0 Å². The minimum atomic E-state index is -4.91. The zero-order valence-electron chi connectivity index (χ0n) is 8.82. The van der Waals surface area contributed by atoms with Gasteiger partial charge < -0.3 is 15.6 Å². The largest absolute Gasteiger partial charge is 0.504 e. The molecular formula is C11H8F3NO3. The van der Waals surface area contributed by atoms with E-state index in [2.05, 4.69) is 0 Å². The van der Waals surface area contributed by atoms with Gasteiger partial charge in [-0.15, -0.1) is 0 Å². The predicted molar refractivity (Wildman–Crippen MR) is 57.0 cm³/mol. The van der Waals surface area contributed by atoms with Crippen molar-refractivity contribution < 1.29 is 28.2 Å². The summed E-state index contributed by atoms with van der Waals surface area (Å²) in [4.78, 5) is 10.5. The Kier molecular flexibility index (Phi) is 3.75. The van der Waals surface area contributed by atoms with Gasteiger partial charge in [-0.1, -0.05) is 12.1 Å². The second-order valence-corrected chi connectivity index (χ2v) is 3.32. The molecule has 0 aliphatic heterocycles. The maximum atomic E-state index is 12.0. The minimum absolute atomic E-state index is 0.0458. The Morgan fingerprint density at radius 1 is 1.11 bits per heavy atom. The molecule has 3 N–H and O–H groups in total. The number of hydrogen-bond acceptors (Lipinski definition) is 3. The molecule has 0 amide bonds. The lowest BCUT2D eigenvalue weighted by Gasteiger charge is -2.05. The van der Waals surface area contributed by atoms with E-state index >= 15 is 0 Å². The van der Waals surface area contributed by atoms with E-state index in [0.29, 0.717) is 0 Å². The molecule has 4 nitrogen and oxygen atoms in total. The van der Waals surface area contributed by atoms with Crippen LogP contribution in [0.2, 0.25) is 0 Å². The van der Waals surface area contributed by atoms with Crippen molar-refractivity contribution >= 4 is 11.7 Å². The van der Waals surface area contributed by atoms with E-state index in [1.54, 1.807) is 0 Å². The second-order valence-electron chi connectivity index (χ2n) is 3.32. The first-order chi connectivity index (χ1) is 8.21. The summed E-state index contributed by atoms with van der Waals surface area (Å²) >= 11 is 0. The Bertz CT molecular complexity index is 503. The highest BCUT2D eigenvalue weighted by molar-refractivity contribution is 6.07. The van der Waals surface area contributed by atoms with Gasteiger partial charge in [-0.25, -0.2) is 4.79 Å². The highest BCUT2D eigenvalue weighted by atomic mass is 19.4. The van der Waals surface area contributed by atoms with Crippen molar-refractivity contribution in [3.05, 3.63) is 47.2 Å². The predicted octanol–water partition coefficient (Wildman–Crippen LogP) is 2.76. The molecule has 0 saturated heterocycles. The number of aliphatic hydroxyl groups excluding tert-OH is 1. The van der Waals surface area contributed by atoms with Crippen LogP contribution in [0.3, 0.4) is 0 Å². The number of allylic oxidation sites excluding steroid dienone is 2. The van der Waals surface area contributed by atoms with E-state index in [0.717, 1.165) is 12.1 Å². The maximum Gasteiger partial charge on any atom is 0.448 e. The summed E-state index contributed by atoms with van der Waals surface area (Å²) < 4.78 is 36.0. The molecule has 18 heavy (non-hydrogen) atoms. The van der Waals surface area contributed by atoms with E-state index in [4.69, 9.17) is 15.6 Å². The Morgan fingerprint density at radius 2 is 1.56 bits per heavy atom. The van der Waals surface area contributed by atoms with Crippen molar-refractivity contribution in [2.45, 2.75) is 6.18 Å². The van der Waals surface area contributed by atoms with Crippen LogP contribution in [0, 0.1) is 5.41 Å². The SMILES string of the molecule is N=C(/C=C(\O)C(F)(F)F)c1ccc(C(=O)O)cc1. The first kappa shape index (κ1) is 13.8. The molecule has 0 aromatic heterocycles. The first-order valence-corrected chi connectivity index (χ1v) is 4.62. The molecule has 0 saturated carbocycles. The summed E-state index contributed by atoms with van der Waals surface area (Å²) in [6, 6.07) is 4.69. The number of nitrogens with one attached hydrogen (secondary N) is 1. The van der Waals surface area contributed by atoms with Gasteiger partial charge in [0.25, 0.3) is 0 Å². The molecule has 1 aromatic carbocycles. The van der Waals surface area contributed by atoms with Crippen molar-refractivity contribution in [3.8, 4) is 0 Å². The second kappa shape index (κ2) is 4.91. The summed E-state index contributed by atoms with van der Waals surface area (Å²) in [6.45, 7) is 0. The number of aromatic carboxylic acids is 1. The van der Waals surface area contributed by atoms with Gasteiger partial charge in [0, 0.05) is 6.08 Å². The van der Waals surface area contributed by atoms with Gasteiger partial charge in [-0.3, -0.25) is 0 Å². The van der Waals surface area contributed by atoms with Crippen molar-refractivity contribution in [1.82, 2.24) is 0 Å². The van der Waals surface area contributed by atoms with E-state index in [1.165, 1.54) is 12.1 Å². The number of halogens is 3. The summed E-state index contributed by atoms with van der Waals surface area (Å²) in [5, 5.41) is 24.6. The molecule has 7 heteroatoms. The minimum Gasteiger partial charge on any atom is -0.504 e. The van der Waals surface area contributed by atoms with Crippen LogP contribution in [0.25, 0.3) is 0 Å². The number of aliphatic hydroxyl groups is 1. The van der Waals surface area contributed by atoms with Gasteiger partial charge >= 0.3 is 12.1 Å². The normalized spacial score (nSPS) is 12.3. The van der Waals surface area contributed by atoms with Gasteiger partial charge in [0.15, 0.2) is 5.76 Å². The number of rotatable bonds is 3. The zero-order valence-corrected chi connectivity index (χ0v) is 8.82. The number of carbonyl (C=O) groups is 1. The summed E-state index contributed by atoms with van der Waals surface area (Å²) in [5.74, 6) is -3.06. The van der Waals surface area contributed by atoms with Gasteiger partial charge in [0.05, 0.1) is 11.3 Å². The van der Waals surface area contributed by atoms with Crippen LogP contribution < -0.4 is 0 Å². The van der Waals surface area contributed by atoms with Crippen molar-refractivity contribution in [1.29, 1.82) is 5.41 Å². The van der Waals surface area contributed by atoms with Gasteiger partial charge in [0.2, 0.25) is 0 Å². The third-order valence-corrected chi connectivity index (χ3v) is 2.01. The average Bonchev–Trinajstić information content (AvgIpc) is 2.27. The van der Waals surface area contributed by atoms with E-state index < -0.39 is 23.6 Å². The third kappa shape index (κ3) is 3.34. The van der Waals surface area contributed by atoms with Crippen LogP contribution in [-0.2, 0) is 0 Å². The molecule has 0 aliphatic rings. The molecule has 0 atom stereocenters. The topological polar surface area (TPSA) is 81.4 Å². The summed E-state index contributed by atoms with van der Waals surface area (Å²) in [6.07, 6.45) is -4.65.